The molecule has 0 aliphatic carbocycles. The van der Waals surface area contributed by atoms with Crippen molar-refractivity contribution in [2.75, 3.05) is 0 Å². The second-order valence-corrected chi connectivity index (χ2v) is 8.15. The number of aromatic nitrogens is 3. The van der Waals surface area contributed by atoms with Crippen LogP contribution in [0.3, 0.4) is 0 Å². The van der Waals surface area contributed by atoms with E-state index in [1.807, 2.05) is 65.4 Å². The van der Waals surface area contributed by atoms with Crippen LogP contribution >= 0.6 is 0 Å². The van der Waals surface area contributed by atoms with Gasteiger partial charge < -0.3 is 9.13 Å². The van der Waals surface area contributed by atoms with Crippen LogP contribution < -0.4 is 5.49 Å². The Bertz CT molecular complexity index is 1290. The first-order valence-corrected chi connectivity index (χ1v) is 11.2. The Morgan fingerprint density at radius 2 is 1.62 bits per heavy atom. The van der Waals surface area contributed by atoms with Crippen LogP contribution in [0.1, 0.15) is 41.0 Å². The van der Waals surface area contributed by atoms with Crippen LogP contribution in [0, 0.1) is 0 Å². The summed E-state index contributed by atoms with van der Waals surface area (Å²) in [4.78, 5) is 22.7. The first-order valence-electron chi connectivity index (χ1n) is 11.2. The van der Waals surface area contributed by atoms with Gasteiger partial charge in [0.15, 0.2) is 5.69 Å². The third kappa shape index (κ3) is 4.19. The van der Waals surface area contributed by atoms with Crippen molar-refractivity contribution in [3.8, 4) is 11.4 Å². The fourth-order valence-electron chi connectivity index (χ4n) is 4.34. The van der Waals surface area contributed by atoms with Crippen LogP contribution in [0.5, 0.6) is 0 Å². The fraction of sp³-hybridized carbons (Fsp3) is 0.222. The third-order valence-corrected chi connectivity index (χ3v) is 5.93. The molecule has 0 spiro atoms. The minimum Gasteiger partial charge on any atom is -0.328 e. The summed E-state index contributed by atoms with van der Waals surface area (Å²) in [5, 5.41) is 0. The highest BCUT2D eigenvalue weighted by Crippen LogP contribution is 2.27. The molecule has 5 heteroatoms. The number of imidazole rings is 1. The molecule has 4 aromatic rings. The van der Waals surface area contributed by atoms with E-state index in [1.54, 1.807) is 0 Å². The molecular weight excluding hydrogens is 396 g/mol. The number of rotatable bonds is 4. The van der Waals surface area contributed by atoms with E-state index >= 15 is 0 Å². The maximum atomic E-state index is 13.4. The Morgan fingerprint density at radius 1 is 0.875 bits per heavy atom. The topological polar surface area (TPSA) is 52.2 Å². The van der Waals surface area contributed by atoms with Crippen molar-refractivity contribution < 1.29 is 4.79 Å². The third-order valence-electron chi connectivity index (χ3n) is 5.93. The lowest BCUT2D eigenvalue weighted by Crippen LogP contribution is -2.22. The molecule has 0 radical (unpaired) electrons. The molecule has 1 aliphatic heterocycles. The molecular formula is C27H26N4O. The summed E-state index contributed by atoms with van der Waals surface area (Å²) in [5.41, 5.74) is 4.34. The number of fused-ring (bicyclic) bond motifs is 1. The van der Waals surface area contributed by atoms with Gasteiger partial charge in [-0.1, -0.05) is 73.2 Å². The van der Waals surface area contributed by atoms with Gasteiger partial charge in [-0.25, -0.2) is 4.98 Å². The standard InChI is InChI=1S/C27H26N4O/c32-27(28-24-17-9-11-18-30(24)20-21-12-4-1-5-13-21)25-23-16-8-3-10-19-31(23)26(29-25)22-14-6-2-7-15-22/h1-2,4-7,9,11-15,17-18H,3,8,10,16,19-20H2. The number of hydrogen-bond donors (Lipinski definition) is 0. The van der Waals surface area contributed by atoms with Gasteiger partial charge in [-0.05, 0) is 37.0 Å². The molecule has 160 valence electrons. The smallest absolute Gasteiger partial charge is 0.299 e. The summed E-state index contributed by atoms with van der Waals surface area (Å²) < 4.78 is 4.23. The monoisotopic (exact) mass is 422 g/mol. The van der Waals surface area contributed by atoms with Gasteiger partial charge in [0, 0.05) is 24.8 Å². The van der Waals surface area contributed by atoms with Gasteiger partial charge in [0.2, 0.25) is 0 Å². The molecule has 2 aromatic heterocycles. The highest BCUT2D eigenvalue weighted by molar-refractivity contribution is 5.95. The molecule has 3 heterocycles. The SMILES string of the molecule is O=C(N=c1ccccn1Cc1ccccc1)c1nc(-c2ccccc2)n2c1CCCCC2. The van der Waals surface area contributed by atoms with Crippen LogP contribution in [-0.4, -0.2) is 20.0 Å². The van der Waals surface area contributed by atoms with Crippen molar-refractivity contribution in [3.63, 3.8) is 0 Å². The number of carbonyl (C=O) groups excluding carboxylic acids is 1. The number of carbonyl (C=O) groups is 1. The largest absolute Gasteiger partial charge is 0.328 e. The molecule has 5 nitrogen and oxygen atoms in total. The molecule has 32 heavy (non-hydrogen) atoms. The van der Waals surface area contributed by atoms with Gasteiger partial charge >= 0.3 is 0 Å². The lowest BCUT2D eigenvalue weighted by atomic mass is 10.1. The van der Waals surface area contributed by atoms with E-state index in [9.17, 15) is 4.79 Å². The van der Waals surface area contributed by atoms with Crippen molar-refractivity contribution in [2.45, 2.75) is 38.8 Å². The van der Waals surface area contributed by atoms with Crippen molar-refractivity contribution in [1.82, 2.24) is 14.1 Å². The summed E-state index contributed by atoms with van der Waals surface area (Å²) in [6.07, 6.45) is 6.15. The average Bonchev–Trinajstić information content (AvgIpc) is 3.02. The van der Waals surface area contributed by atoms with Gasteiger partial charge in [0.1, 0.15) is 11.3 Å². The van der Waals surface area contributed by atoms with E-state index in [2.05, 4.69) is 33.8 Å². The molecule has 0 saturated heterocycles. The number of pyridine rings is 1. The molecule has 0 atom stereocenters. The van der Waals surface area contributed by atoms with Crippen molar-refractivity contribution >= 4 is 5.91 Å². The molecule has 1 aliphatic rings. The van der Waals surface area contributed by atoms with E-state index in [4.69, 9.17) is 4.98 Å². The summed E-state index contributed by atoms with van der Waals surface area (Å²) in [6, 6.07) is 26.1. The Hall–Kier alpha value is -3.73. The number of amides is 1. The number of hydrogen-bond acceptors (Lipinski definition) is 2. The molecule has 1 amide bonds. The van der Waals surface area contributed by atoms with Crippen LogP contribution in [0.2, 0.25) is 0 Å². The molecule has 0 N–H and O–H groups in total. The van der Waals surface area contributed by atoms with Gasteiger partial charge in [-0.15, -0.1) is 0 Å². The van der Waals surface area contributed by atoms with E-state index < -0.39 is 0 Å². The zero-order valence-electron chi connectivity index (χ0n) is 18.0. The van der Waals surface area contributed by atoms with E-state index in [-0.39, 0.29) is 5.91 Å². The zero-order chi connectivity index (χ0) is 21.8. The summed E-state index contributed by atoms with van der Waals surface area (Å²) >= 11 is 0. The van der Waals surface area contributed by atoms with Crippen LogP contribution in [-0.2, 0) is 19.5 Å². The van der Waals surface area contributed by atoms with E-state index in [1.165, 1.54) is 0 Å². The normalized spacial score (nSPS) is 14.1. The predicted octanol–water partition coefficient (Wildman–Crippen LogP) is 4.87. The van der Waals surface area contributed by atoms with Gasteiger partial charge in [0.25, 0.3) is 5.91 Å². The maximum absolute atomic E-state index is 13.4. The summed E-state index contributed by atoms with van der Waals surface area (Å²) in [7, 11) is 0. The lowest BCUT2D eigenvalue weighted by Gasteiger charge is -2.08. The Labute approximate surface area is 187 Å². The Balaban J connectivity index is 1.56. The van der Waals surface area contributed by atoms with Crippen LogP contribution in [0.4, 0.5) is 0 Å². The van der Waals surface area contributed by atoms with E-state index in [0.717, 1.165) is 54.9 Å². The van der Waals surface area contributed by atoms with Crippen LogP contribution in [0.15, 0.2) is 90.1 Å². The number of nitrogens with zero attached hydrogens (tertiary/aromatic N) is 4. The van der Waals surface area contributed by atoms with Crippen LogP contribution in [0.25, 0.3) is 11.4 Å². The van der Waals surface area contributed by atoms with Gasteiger partial charge in [-0.3, -0.25) is 4.79 Å². The lowest BCUT2D eigenvalue weighted by molar-refractivity contribution is 0.0991. The summed E-state index contributed by atoms with van der Waals surface area (Å²) in [6.45, 7) is 1.55. The second-order valence-electron chi connectivity index (χ2n) is 8.15. The zero-order valence-corrected chi connectivity index (χ0v) is 18.0. The quantitative estimate of drug-likeness (QED) is 0.471. The van der Waals surface area contributed by atoms with Crippen molar-refractivity contribution in [1.29, 1.82) is 0 Å². The first kappa shape index (κ1) is 20.2. The predicted molar refractivity (Wildman–Crippen MR) is 125 cm³/mol. The van der Waals surface area contributed by atoms with Gasteiger partial charge in [0.05, 0.1) is 5.69 Å². The summed E-state index contributed by atoms with van der Waals surface area (Å²) in [5.74, 6) is 0.595. The second kappa shape index (κ2) is 9.18. The van der Waals surface area contributed by atoms with Crippen molar-refractivity contribution in [2.24, 2.45) is 4.99 Å². The average molecular weight is 423 g/mol. The molecule has 0 saturated carbocycles. The fourth-order valence-corrected chi connectivity index (χ4v) is 4.34. The Morgan fingerprint density at radius 3 is 2.44 bits per heavy atom. The highest BCUT2D eigenvalue weighted by atomic mass is 16.1. The molecule has 0 unspecified atom stereocenters. The highest BCUT2D eigenvalue weighted by Gasteiger charge is 2.24. The Kier molecular flexibility index (Phi) is 5.79. The first-order chi connectivity index (χ1) is 15.8. The maximum Gasteiger partial charge on any atom is 0.299 e. The molecule has 2 aromatic carbocycles. The minimum atomic E-state index is -0.272. The molecule has 0 bridgehead atoms. The molecule has 0 fully saturated rings. The van der Waals surface area contributed by atoms with E-state index in [0.29, 0.717) is 17.7 Å². The minimum absolute atomic E-state index is 0.272. The molecule has 5 rings (SSSR count). The number of benzene rings is 2. The van der Waals surface area contributed by atoms with Gasteiger partial charge in [-0.2, -0.15) is 4.99 Å². The van der Waals surface area contributed by atoms with Crippen molar-refractivity contribution in [3.05, 3.63) is 107 Å².